The maximum Gasteiger partial charge on any atom is 0.236 e. The number of rotatable bonds is 4. The van der Waals surface area contributed by atoms with Gasteiger partial charge in [-0.1, -0.05) is 17.8 Å². The van der Waals surface area contributed by atoms with Gasteiger partial charge < -0.3 is 4.42 Å². The standard InChI is InChI=1S/C18H15N3OS3/c1-2-5-13-12(4-1)15-17(19-10-20-18(15)25-13)24-9-11-8-22-16(21-11)14-6-3-7-23-14/h3,6-8,10H,1-2,4-5,9H2. The minimum Gasteiger partial charge on any atom is -0.444 e. The first-order chi connectivity index (χ1) is 12.4. The Kier molecular flexibility index (Phi) is 4.07. The highest BCUT2D eigenvalue weighted by Gasteiger charge is 2.20. The molecule has 0 radical (unpaired) electrons. The zero-order valence-electron chi connectivity index (χ0n) is 13.4. The van der Waals surface area contributed by atoms with Crippen LogP contribution in [0.2, 0.25) is 0 Å². The first-order valence-electron chi connectivity index (χ1n) is 8.25. The molecule has 5 rings (SSSR count). The highest BCUT2D eigenvalue weighted by Crippen LogP contribution is 2.39. The van der Waals surface area contributed by atoms with Gasteiger partial charge in [0.1, 0.15) is 22.4 Å². The Bertz CT molecular complexity index is 1020. The van der Waals surface area contributed by atoms with Crippen molar-refractivity contribution in [2.45, 2.75) is 36.5 Å². The molecule has 0 fully saturated rings. The van der Waals surface area contributed by atoms with E-state index in [9.17, 15) is 0 Å². The van der Waals surface area contributed by atoms with Crippen LogP contribution < -0.4 is 0 Å². The Balaban J connectivity index is 1.42. The monoisotopic (exact) mass is 385 g/mol. The molecule has 0 aromatic carbocycles. The van der Waals surface area contributed by atoms with Gasteiger partial charge in [-0.15, -0.1) is 22.7 Å². The fourth-order valence-corrected chi connectivity index (χ4v) is 6.05. The second-order valence-corrected chi connectivity index (χ2v) is 8.98. The summed E-state index contributed by atoms with van der Waals surface area (Å²) >= 11 is 5.21. The molecular weight excluding hydrogens is 370 g/mol. The van der Waals surface area contributed by atoms with Crippen LogP contribution in [0.4, 0.5) is 0 Å². The van der Waals surface area contributed by atoms with E-state index in [0.717, 1.165) is 32.6 Å². The van der Waals surface area contributed by atoms with Gasteiger partial charge in [0.05, 0.1) is 10.6 Å². The second-order valence-electron chi connectivity index (χ2n) is 5.98. The van der Waals surface area contributed by atoms with Crippen molar-refractivity contribution in [1.29, 1.82) is 0 Å². The fourth-order valence-electron chi connectivity index (χ4n) is 3.20. The summed E-state index contributed by atoms with van der Waals surface area (Å²) in [4.78, 5) is 17.4. The summed E-state index contributed by atoms with van der Waals surface area (Å²) in [5.41, 5.74) is 2.43. The number of fused-ring (bicyclic) bond motifs is 3. The summed E-state index contributed by atoms with van der Waals surface area (Å²) in [6.45, 7) is 0. The van der Waals surface area contributed by atoms with Crippen LogP contribution in [-0.4, -0.2) is 15.0 Å². The number of hydrogen-bond donors (Lipinski definition) is 0. The number of hydrogen-bond acceptors (Lipinski definition) is 7. The highest BCUT2D eigenvalue weighted by molar-refractivity contribution is 7.98. The maximum atomic E-state index is 5.62. The molecule has 126 valence electrons. The lowest BCUT2D eigenvalue weighted by atomic mass is 9.97. The number of aryl methyl sites for hydroxylation is 2. The SMILES string of the molecule is c1csc(-c2nc(CSc3ncnc4sc5c(c34)CCCC5)co2)c1. The van der Waals surface area contributed by atoms with Gasteiger partial charge in [-0.2, -0.15) is 0 Å². The second kappa shape index (κ2) is 6.55. The van der Waals surface area contributed by atoms with Crippen molar-refractivity contribution in [3.63, 3.8) is 0 Å². The van der Waals surface area contributed by atoms with Crippen molar-refractivity contribution in [3.05, 3.63) is 46.2 Å². The van der Waals surface area contributed by atoms with Crippen LogP contribution >= 0.6 is 34.4 Å². The molecule has 4 aromatic rings. The fraction of sp³-hybridized carbons (Fsp3) is 0.278. The number of aromatic nitrogens is 3. The third kappa shape index (κ3) is 2.90. The molecule has 4 nitrogen and oxygen atoms in total. The summed E-state index contributed by atoms with van der Waals surface area (Å²) in [5, 5.41) is 4.38. The molecule has 4 heterocycles. The summed E-state index contributed by atoms with van der Waals surface area (Å²) in [6, 6.07) is 4.04. The first-order valence-corrected chi connectivity index (χ1v) is 10.9. The van der Waals surface area contributed by atoms with Crippen molar-refractivity contribution < 1.29 is 4.42 Å². The molecule has 0 unspecified atom stereocenters. The zero-order chi connectivity index (χ0) is 16.6. The predicted octanol–water partition coefficient (Wildman–Crippen LogP) is 5.58. The van der Waals surface area contributed by atoms with E-state index in [1.807, 2.05) is 28.8 Å². The smallest absolute Gasteiger partial charge is 0.236 e. The van der Waals surface area contributed by atoms with Crippen LogP contribution in [0.1, 0.15) is 29.0 Å². The molecule has 25 heavy (non-hydrogen) atoms. The Labute approximate surface area is 157 Å². The average molecular weight is 386 g/mol. The molecule has 0 aliphatic heterocycles. The van der Waals surface area contributed by atoms with Crippen molar-refractivity contribution >= 4 is 44.7 Å². The normalized spacial score (nSPS) is 14.1. The molecule has 0 saturated heterocycles. The molecule has 0 spiro atoms. The Hall–Kier alpha value is -1.70. The Morgan fingerprint density at radius 3 is 3.08 bits per heavy atom. The number of thiophene rings is 2. The van der Waals surface area contributed by atoms with Gasteiger partial charge in [-0.05, 0) is 42.7 Å². The lowest BCUT2D eigenvalue weighted by Gasteiger charge is -2.11. The largest absolute Gasteiger partial charge is 0.444 e. The van der Waals surface area contributed by atoms with Crippen LogP contribution in [0.5, 0.6) is 0 Å². The minimum absolute atomic E-state index is 0.700. The van der Waals surface area contributed by atoms with E-state index in [2.05, 4.69) is 15.0 Å². The Morgan fingerprint density at radius 2 is 2.16 bits per heavy atom. The molecule has 0 amide bonds. The van der Waals surface area contributed by atoms with Crippen LogP contribution in [0, 0.1) is 0 Å². The molecular formula is C18H15N3OS3. The minimum atomic E-state index is 0.700. The van der Waals surface area contributed by atoms with Gasteiger partial charge in [-0.3, -0.25) is 0 Å². The molecule has 0 bridgehead atoms. The summed E-state index contributed by atoms with van der Waals surface area (Å²) in [7, 11) is 0. The van der Waals surface area contributed by atoms with E-state index >= 15 is 0 Å². The summed E-state index contributed by atoms with van der Waals surface area (Å²) < 4.78 is 5.62. The molecule has 4 aromatic heterocycles. The number of oxazole rings is 1. The average Bonchev–Trinajstić information content (AvgIpc) is 3.37. The lowest BCUT2D eigenvalue weighted by molar-refractivity contribution is 0.575. The van der Waals surface area contributed by atoms with E-state index in [-0.39, 0.29) is 0 Å². The summed E-state index contributed by atoms with van der Waals surface area (Å²) in [6.07, 6.45) is 8.35. The van der Waals surface area contributed by atoms with Crippen LogP contribution in [0.3, 0.4) is 0 Å². The van der Waals surface area contributed by atoms with Crippen molar-refractivity contribution in [1.82, 2.24) is 15.0 Å². The number of thioether (sulfide) groups is 1. The highest BCUT2D eigenvalue weighted by atomic mass is 32.2. The van der Waals surface area contributed by atoms with E-state index in [4.69, 9.17) is 4.42 Å². The summed E-state index contributed by atoms with van der Waals surface area (Å²) in [5.74, 6) is 1.46. The molecule has 0 atom stereocenters. The Morgan fingerprint density at radius 1 is 1.20 bits per heavy atom. The van der Waals surface area contributed by atoms with Crippen molar-refractivity contribution in [3.8, 4) is 10.8 Å². The van der Waals surface area contributed by atoms with Gasteiger partial charge >= 0.3 is 0 Å². The van der Waals surface area contributed by atoms with Crippen LogP contribution in [0.25, 0.3) is 21.0 Å². The van der Waals surface area contributed by atoms with Crippen LogP contribution in [-0.2, 0) is 18.6 Å². The van der Waals surface area contributed by atoms with Gasteiger partial charge in [-0.25, -0.2) is 15.0 Å². The lowest BCUT2D eigenvalue weighted by Crippen LogP contribution is -1.99. The van der Waals surface area contributed by atoms with Crippen molar-refractivity contribution in [2.75, 3.05) is 0 Å². The van der Waals surface area contributed by atoms with Gasteiger partial charge in [0.2, 0.25) is 5.89 Å². The van der Waals surface area contributed by atoms with Gasteiger partial charge in [0.15, 0.2) is 0 Å². The molecule has 0 saturated carbocycles. The van der Waals surface area contributed by atoms with Gasteiger partial charge in [0, 0.05) is 16.0 Å². The predicted molar refractivity (Wildman–Crippen MR) is 103 cm³/mol. The van der Waals surface area contributed by atoms with E-state index in [0.29, 0.717) is 5.89 Å². The first kappa shape index (κ1) is 15.5. The molecule has 0 N–H and O–H groups in total. The van der Waals surface area contributed by atoms with Gasteiger partial charge in [0.25, 0.3) is 0 Å². The van der Waals surface area contributed by atoms with E-state index in [1.165, 1.54) is 35.1 Å². The zero-order valence-corrected chi connectivity index (χ0v) is 15.8. The molecule has 7 heteroatoms. The van der Waals surface area contributed by atoms with Crippen molar-refractivity contribution in [2.24, 2.45) is 0 Å². The maximum absolute atomic E-state index is 5.62. The van der Waals surface area contributed by atoms with Crippen LogP contribution in [0.15, 0.2) is 39.5 Å². The topological polar surface area (TPSA) is 51.8 Å². The molecule has 1 aliphatic carbocycles. The third-order valence-corrected chi connectivity index (χ3v) is 7.44. The molecule has 1 aliphatic rings. The third-order valence-electron chi connectivity index (χ3n) is 4.36. The number of nitrogens with zero attached hydrogens (tertiary/aromatic N) is 3. The van der Waals surface area contributed by atoms with E-state index in [1.54, 1.807) is 35.7 Å². The van der Waals surface area contributed by atoms with E-state index < -0.39 is 0 Å². The quantitative estimate of drug-likeness (QED) is 0.339.